The van der Waals surface area contributed by atoms with Crippen molar-refractivity contribution >= 4 is 23.7 Å². The number of carbonyl (C=O) groups excluding carboxylic acids is 2. The summed E-state index contributed by atoms with van der Waals surface area (Å²) in [6.07, 6.45) is 0.468. The molecule has 0 N–H and O–H groups in total. The van der Waals surface area contributed by atoms with Gasteiger partial charge >= 0.3 is 0 Å². The van der Waals surface area contributed by atoms with E-state index in [4.69, 9.17) is 11.6 Å². The average Bonchev–Trinajstić information content (AvgIpc) is 2.05. The highest BCUT2D eigenvalue weighted by Gasteiger charge is 2.07. The topological polar surface area (TPSA) is 34.1 Å². The molecule has 1 aromatic carbocycles. The molecule has 0 aliphatic rings. The molecule has 0 aliphatic heterocycles. The molecule has 0 saturated heterocycles. The monoisotopic (exact) mass is 182 g/mol. The highest BCUT2D eigenvalue weighted by molar-refractivity contribution is 6.34. The van der Waals surface area contributed by atoms with E-state index in [9.17, 15) is 9.59 Å². The normalized spacial score (nSPS) is 9.42. The van der Waals surface area contributed by atoms with E-state index in [0.717, 1.165) is 0 Å². The molecule has 3 heteroatoms. The predicted molar refractivity (Wildman–Crippen MR) is 46.5 cm³/mol. The van der Waals surface area contributed by atoms with Crippen molar-refractivity contribution in [2.45, 2.75) is 6.42 Å². The second-order valence-electron chi connectivity index (χ2n) is 2.27. The third-order valence-electron chi connectivity index (χ3n) is 1.44. The van der Waals surface area contributed by atoms with Crippen LogP contribution in [0.4, 0.5) is 0 Å². The van der Waals surface area contributed by atoms with E-state index in [1.54, 1.807) is 24.3 Å². The van der Waals surface area contributed by atoms with Crippen molar-refractivity contribution in [2.24, 2.45) is 0 Å². The van der Waals surface area contributed by atoms with Gasteiger partial charge in [-0.2, -0.15) is 0 Å². The summed E-state index contributed by atoms with van der Waals surface area (Å²) in [6, 6.07) is 6.68. The Hall–Kier alpha value is -1.15. The molecule has 0 saturated carbocycles. The SMILES string of the molecule is O=CCC(=O)c1ccccc1Cl. The van der Waals surface area contributed by atoms with Gasteiger partial charge in [-0.25, -0.2) is 0 Å². The zero-order valence-corrected chi connectivity index (χ0v) is 7.04. The molecule has 0 bridgehead atoms. The lowest BCUT2D eigenvalue weighted by molar-refractivity contribution is -0.107. The summed E-state index contributed by atoms with van der Waals surface area (Å²) in [5, 5.41) is 0.393. The van der Waals surface area contributed by atoms with Crippen LogP contribution in [0, 0.1) is 0 Å². The lowest BCUT2D eigenvalue weighted by atomic mass is 10.1. The maximum atomic E-state index is 11.1. The van der Waals surface area contributed by atoms with Crippen LogP contribution in [-0.4, -0.2) is 12.1 Å². The van der Waals surface area contributed by atoms with Crippen molar-refractivity contribution < 1.29 is 9.59 Å². The molecule has 0 radical (unpaired) electrons. The summed E-state index contributed by atoms with van der Waals surface area (Å²) in [6.45, 7) is 0. The summed E-state index contributed by atoms with van der Waals surface area (Å²) in [5.41, 5.74) is 0.409. The summed E-state index contributed by atoms with van der Waals surface area (Å²) < 4.78 is 0. The lowest BCUT2D eigenvalue weighted by Gasteiger charge is -1.98. The number of hydrogen-bond acceptors (Lipinski definition) is 2. The number of Topliss-reactive ketones (excluding diaryl/α,β-unsaturated/α-hetero) is 1. The van der Waals surface area contributed by atoms with Crippen LogP contribution in [0.25, 0.3) is 0 Å². The van der Waals surface area contributed by atoms with E-state index < -0.39 is 0 Å². The maximum absolute atomic E-state index is 11.1. The maximum Gasteiger partial charge on any atom is 0.171 e. The first kappa shape index (κ1) is 8.94. The van der Waals surface area contributed by atoms with E-state index >= 15 is 0 Å². The smallest absolute Gasteiger partial charge is 0.171 e. The number of aldehydes is 1. The van der Waals surface area contributed by atoms with Gasteiger partial charge in [0.05, 0.1) is 11.4 Å². The molecule has 1 rings (SSSR count). The molecule has 0 spiro atoms. The van der Waals surface area contributed by atoms with Crippen LogP contribution in [0.1, 0.15) is 16.8 Å². The Morgan fingerprint density at radius 1 is 1.42 bits per heavy atom. The van der Waals surface area contributed by atoms with Crippen LogP contribution in [0.3, 0.4) is 0 Å². The van der Waals surface area contributed by atoms with E-state index in [1.807, 2.05) is 0 Å². The van der Waals surface area contributed by atoms with Crippen LogP contribution in [0.2, 0.25) is 5.02 Å². The fourth-order valence-corrected chi connectivity index (χ4v) is 1.11. The zero-order valence-electron chi connectivity index (χ0n) is 6.29. The van der Waals surface area contributed by atoms with Crippen molar-refractivity contribution in [3.8, 4) is 0 Å². The summed E-state index contributed by atoms with van der Waals surface area (Å²) >= 11 is 5.72. The molecular weight excluding hydrogens is 176 g/mol. The van der Waals surface area contributed by atoms with Crippen molar-refractivity contribution in [1.82, 2.24) is 0 Å². The average molecular weight is 183 g/mol. The fourth-order valence-electron chi connectivity index (χ4n) is 0.873. The van der Waals surface area contributed by atoms with Gasteiger partial charge in [0.1, 0.15) is 6.29 Å². The Morgan fingerprint density at radius 3 is 2.67 bits per heavy atom. The van der Waals surface area contributed by atoms with Crippen LogP contribution >= 0.6 is 11.6 Å². The number of halogens is 1. The number of rotatable bonds is 3. The minimum absolute atomic E-state index is 0.107. The van der Waals surface area contributed by atoms with Gasteiger partial charge in [0.15, 0.2) is 5.78 Å². The van der Waals surface area contributed by atoms with Gasteiger partial charge in [0.25, 0.3) is 0 Å². The van der Waals surface area contributed by atoms with E-state index in [1.165, 1.54) is 0 Å². The third-order valence-corrected chi connectivity index (χ3v) is 1.77. The Labute approximate surface area is 75.2 Å². The molecule has 1 aromatic rings. The van der Waals surface area contributed by atoms with Gasteiger partial charge < -0.3 is 4.79 Å². The van der Waals surface area contributed by atoms with E-state index in [0.29, 0.717) is 16.9 Å². The lowest BCUT2D eigenvalue weighted by Crippen LogP contribution is -1.99. The zero-order chi connectivity index (χ0) is 8.97. The van der Waals surface area contributed by atoms with Crippen molar-refractivity contribution in [1.29, 1.82) is 0 Å². The molecule has 0 amide bonds. The Kier molecular flexibility index (Phi) is 3.00. The molecule has 0 aliphatic carbocycles. The van der Waals surface area contributed by atoms with Gasteiger partial charge in [-0.1, -0.05) is 23.7 Å². The van der Waals surface area contributed by atoms with Gasteiger partial charge in [0, 0.05) is 5.56 Å². The molecule has 62 valence electrons. The Balaban J connectivity index is 2.94. The summed E-state index contributed by atoms with van der Waals surface area (Å²) in [4.78, 5) is 21.2. The fraction of sp³-hybridized carbons (Fsp3) is 0.111. The number of hydrogen-bond donors (Lipinski definition) is 0. The van der Waals surface area contributed by atoms with Crippen molar-refractivity contribution in [3.63, 3.8) is 0 Å². The van der Waals surface area contributed by atoms with Crippen LogP contribution in [0.15, 0.2) is 24.3 Å². The quantitative estimate of drug-likeness (QED) is 0.408. The minimum atomic E-state index is -0.240. The first-order chi connectivity index (χ1) is 5.75. The first-order valence-corrected chi connectivity index (χ1v) is 3.85. The predicted octanol–water partition coefficient (Wildman–Crippen LogP) is 2.11. The molecule has 0 aromatic heterocycles. The highest BCUT2D eigenvalue weighted by Crippen LogP contribution is 2.15. The largest absolute Gasteiger partial charge is 0.303 e. The number of carbonyl (C=O) groups is 2. The van der Waals surface area contributed by atoms with Gasteiger partial charge in [0.2, 0.25) is 0 Å². The van der Waals surface area contributed by atoms with Crippen molar-refractivity contribution in [2.75, 3.05) is 0 Å². The standard InChI is InChI=1S/C9H7ClO2/c10-8-4-2-1-3-7(8)9(12)5-6-11/h1-4,6H,5H2. The molecule has 0 unspecified atom stereocenters. The summed E-state index contributed by atoms with van der Waals surface area (Å²) in [7, 11) is 0. The Bertz CT molecular complexity index is 307. The number of ketones is 1. The first-order valence-electron chi connectivity index (χ1n) is 3.47. The van der Waals surface area contributed by atoms with Crippen molar-refractivity contribution in [3.05, 3.63) is 34.9 Å². The van der Waals surface area contributed by atoms with Crippen LogP contribution < -0.4 is 0 Å². The molecular formula is C9H7ClO2. The van der Waals surface area contributed by atoms with Gasteiger partial charge in [-0.15, -0.1) is 0 Å². The second kappa shape index (κ2) is 4.02. The second-order valence-corrected chi connectivity index (χ2v) is 2.68. The third kappa shape index (κ3) is 1.92. The van der Waals surface area contributed by atoms with E-state index in [2.05, 4.69) is 0 Å². The number of benzene rings is 1. The van der Waals surface area contributed by atoms with Crippen LogP contribution in [0.5, 0.6) is 0 Å². The molecule has 0 atom stereocenters. The van der Waals surface area contributed by atoms with E-state index in [-0.39, 0.29) is 12.2 Å². The van der Waals surface area contributed by atoms with Gasteiger partial charge in [-0.05, 0) is 12.1 Å². The minimum Gasteiger partial charge on any atom is -0.303 e. The highest BCUT2D eigenvalue weighted by atomic mass is 35.5. The molecule has 12 heavy (non-hydrogen) atoms. The molecule has 0 heterocycles. The summed E-state index contributed by atoms with van der Waals surface area (Å²) in [5.74, 6) is -0.240. The molecule has 2 nitrogen and oxygen atoms in total. The van der Waals surface area contributed by atoms with Gasteiger partial charge in [-0.3, -0.25) is 4.79 Å². The molecule has 0 fully saturated rings. The Morgan fingerprint density at radius 2 is 2.08 bits per heavy atom. The van der Waals surface area contributed by atoms with Crippen LogP contribution in [-0.2, 0) is 4.79 Å².